The molecule has 0 aromatic heterocycles. The fourth-order valence-electron chi connectivity index (χ4n) is 3.12. The van der Waals surface area contributed by atoms with E-state index in [-0.39, 0.29) is 19.1 Å². The van der Waals surface area contributed by atoms with Gasteiger partial charge in [0.05, 0.1) is 12.5 Å². The summed E-state index contributed by atoms with van der Waals surface area (Å²) >= 11 is 0. The molecule has 1 atom stereocenters. The highest BCUT2D eigenvalue weighted by atomic mass is 16.5. The number of hydrogen-bond donors (Lipinski definition) is 3. The predicted octanol–water partition coefficient (Wildman–Crippen LogP) is 2.36. The number of ether oxygens (including phenoxy) is 1. The minimum Gasteiger partial charge on any atom is -0.481 e. The van der Waals surface area contributed by atoms with Crippen molar-refractivity contribution >= 4 is 12.1 Å². The van der Waals surface area contributed by atoms with Crippen LogP contribution in [0, 0.1) is 0 Å². The van der Waals surface area contributed by atoms with Crippen LogP contribution in [-0.4, -0.2) is 41.5 Å². The summed E-state index contributed by atoms with van der Waals surface area (Å²) in [7, 11) is 0. The summed E-state index contributed by atoms with van der Waals surface area (Å²) in [5.74, 6) is -1.16. The van der Waals surface area contributed by atoms with Crippen LogP contribution in [0.5, 0.6) is 0 Å². The molecular weight excluding hydrogens is 322 g/mol. The maximum absolute atomic E-state index is 11.8. The molecule has 1 aliphatic carbocycles. The molecule has 25 heavy (non-hydrogen) atoms. The normalized spacial score (nSPS) is 13.6. The van der Waals surface area contributed by atoms with E-state index in [1.165, 1.54) is 0 Å². The Kier molecular flexibility index (Phi) is 5.00. The summed E-state index contributed by atoms with van der Waals surface area (Å²) in [4.78, 5) is 22.3. The van der Waals surface area contributed by atoms with Gasteiger partial charge in [-0.25, -0.2) is 4.79 Å². The number of benzene rings is 2. The summed E-state index contributed by atoms with van der Waals surface area (Å²) in [5.41, 5.74) is 4.51. The molecule has 0 heterocycles. The van der Waals surface area contributed by atoms with E-state index in [1.54, 1.807) is 0 Å². The van der Waals surface area contributed by atoms with Gasteiger partial charge in [-0.15, -0.1) is 0 Å². The third kappa shape index (κ3) is 3.80. The Morgan fingerprint density at radius 2 is 1.60 bits per heavy atom. The van der Waals surface area contributed by atoms with Gasteiger partial charge in [-0.3, -0.25) is 4.79 Å². The largest absolute Gasteiger partial charge is 0.481 e. The number of hydrogen-bond acceptors (Lipinski definition) is 4. The summed E-state index contributed by atoms with van der Waals surface area (Å²) in [5, 5.41) is 20.4. The molecule has 1 unspecified atom stereocenters. The lowest BCUT2D eigenvalue weighted by Crippen LogP contribution is -2.34. The zero-order valence-electron chi connectivity index (χ0n) is 13.5. The van der Waals surface area contributed by atoms with Crippen molar-refractivity contribution in [1.29, 1.82) is 0 Å². The molecule has 3 N–H and O–H groups in total. The molecule has 1 amide bonds. The molecule has 0 saturated carbocycles. The molecule has 2 aromatic rings. The van der Waals surface area contributed by atoms with Crippen LogP contribution >= 0.6 is 0 Å². The second-order valence-corrected chi connectivity index (χ2v) is 5.96. The summed E-state index contributed by atoms with van der Waals surface area (Å²) in [6.07, 6.45) is -2.24. The number of nitrogens with one attached hydrogen (secondary N) is 1. The van der Waals surface area contributed by atoms with Crippen LogP contribution < -0.4 is 5.32 Å². The second kappa shape index (κ2) is 7.36. The molecule has 2 aromatic carbocycles. The van der Waals surface area contributed by atoms with Crippen molar-refractivity contribution in [2.75, 3.05) is 13.2 Å². The monoisotopic (exact) mass is 341 g/mol. The van der Waals surface area contributed by atoms with Crippen LogP contribution in [0.1, 0.15) is 23.5 Å². The Bertz CT molecular complexity index is 743. The number of alkyl carbamates (subject to hydrolysis) is 1. The molecule has 0 fully saturated rings. The predicted molar refractivity (Wildman–Crippen MR) is 91.3 cm³/mol. The minimum absolute atomic E-state index is 0.0397. The zero-order valence-corrected chi connectivity index (χ0v) is 13.5. The molecule has 0 saturated heterocycles. The van der Waals surface area contributed by atoms with Crippen molar-refractivity contribution in [2.24, 2.45) is 0 Å². The number of carbonyl (C=O) groups is 2. The molecule has 6 heteroatoms. The Balaban J connectivity index is 1.62. The number of carboxylic acid groups (broad SMARTS) is 1. The standard InChI is InChI=1S/C19H19NO5/c21-12(9-18(22)23)10-20-19(24)25-11-17-15-7-3-1-5-13(15)14-6-2-4-8-16(14)17/h1-8,12,17,21H,9-11H2,(H,20,24)(H,22,23). The highest BCUT2D eigenvalue weighted by Crippen LogP contribution is 2.44. The maximum atomic E-state index is 11.8. The number of aliphatic carboxylic acids is 1. The summed E-state index contributed by atoms with van der Waals surface area (Å²) < 4.78 is 5.29. The summed E-state index contributed by atoms with van der Waals surface area (Å²) in [6, 6.07) is 16.0. The third-order valence-corrected chi connectivity index (χ3v) is 4.24. The zero-order chi connectivity index (χ0) is 17.8. The van der Waals surface area contributed by atoms with Crippen LogP contribution in [0.2, 0.25) is 0 Å². The minimum atomic E-state index is -1.14. The number of rotatable bonds is 6. The van der Waals surface area contributed by atoms with Gasteiger partial charge in [0.1, 0.15) is 6.61 Å². The molecular formula is C19H19NO5. The van der Waals surface area contributed by atoms with Crippen LogP contribution in [0.15, 0.2) is 48.5 Å². The van der Waals surface area contributed by atoms with E-state index in [9.17, 15) is 14.7 Å². The SMILES string of the molecule is O=C(O)CC(O)CNC(=O)OCC1c2ccccc2-c2ccccc21. The van der Waals surface area contributed by atoms with Gasteiger partial charge in [0.15, 0.2) is 0 Å². The van der Waals surface area contributed by atoms with Gasteiger partial charge < -0.3 is 20.3 Å². The van der Waals surface area contributed by atoms with Gasteiger partial charge in [0.25, 0.3) is 0 Å². The fraction of sp³-hybridized carbons (Fsp3) is 0.263. The van der Waals surface area contributed by atoms with Gasteiger partial charge in [0.2, 0.25) is 0 Å². The maximum Gasteiger partial charge on any atom is 0.407 e. The van der Waals surface area contributed by atoms with E-state index in [0.717, 1.165) is 22.3 Å². The topological polar surface area (TPSA) is 95.9 Å². The number of fused-ring (bicyclic) bond motifs is 3. The number of carboxylic acids is 1. The van der Waals surface area contributed by atoms with Crippen LogP contribution in [0.4, 0.5) is 4.79 Å². The first-order valence-electron chi connectivity index (χ1n) is 8.05. The number of carbonyl (C=O) groups excluding carboxylic acids is 1. The Morgan fingerprint density at radius 3 is 2.16 bits per heavy atom. The van der Waals surface area contributed by atoms with E-state index in [4.69, 9.17) is 9.84 Å². The first-order chi connectivity index (χ1) is 12.1. The second-order valence-electron chi connectivity index (χ2n) is 5.96. The quantitative estimate of drug-likeness (QED) is 0.750. The van der Waals surface area contributed by atoms with Gasteiger partial charge in [-0.05, 0) is 22.3 Å². The lowest BCUT2D eigenvalue weighted by molar-refractivity contribution is -0.139. The van der Waals surface area contributed by atoms with Crippen LogP contribution in [0.25, 0.3) is 11.1 Å². The Labute approximate surface area is 145 Å². The third-order valence-electron chi connectivity index (χ3n) is 4.24. The van der Waals surface area contributed by atoms with Crippen molar-refractivity contribution in [1.82, 2.24) is 5.32 Å². The van der Waals surface area contributed by atoms with E-state index in [0.29, 0.717) is 0 Å². The first kappa shape index (κ1) is 17.0. The molecule has 3 rings (SSSR count). The van der Waals surface area contributed by atoms with Crippen LogP contribution in [0.3, 0.4) is 0 Å². The first-order valence-corrected chi connectivity index (χ1v) is 8.05. The molecule has 1 aliphatic rings. The van der Waals surface area contributed by atoms with Gasteiger partial charge in [0, 0.05) is 12.5 Å². The Morgan fingerprint density at radius 1 is 1.04 bits per heavy atom. The number of aliphatic hydroxyl groups excluding tert-OH is 1. The molecule has 6 nitrogen and oxygen atoms in total. The van der Waals surface area contributed by atoms with Crippen molar-refractivity contribution in [2.45, 2.75) is 18.4 Å². The smallest absolute Gasteiger partial charge is 0.407 e. The lowest BCUT2D eigenvalue weighted by atomic mass is 9.98. The highest BCUT2D eigenvalue weighted by Gasteiger charge is 2.29. The molecule has 0 aliphatic heterocycles. The van der Waals surface area contributed by atoms with E-state index in [1.807, 2.05) is 36.4 Å². The lowest BCUT2D eigenvalue weighted by Gasteiger charge is -2.15. The van der Waals surface area contributed by atoms with Gasteiger partial charge >= 0.3 is 12.1 Å². The van der Waals surface area contributed by atoms with E-state index in [2.05, 4.69) is 17.4 Å². The van der Waals surface area contributed by atoms with Crippen molar-refractivity contribution in [3.8, 4) is 11.1 Å². The van der Waals surface area contributed by atoms with Crippen LogP contribution in [-0.2, 0) is 9.53 Å². The van der Waals surface area contributed by atoms with E-state index < -0.39 is 24.6 Å². The molecule has 0 spiro atoms. The fourth-order valence-corrected chi connectivity index (χ4v) is 3.12. The van der Waals surface area contributed by atoms with Gasteiger partial charge in [-0.2, -0.15) is 0 Å². The highest BCUT2D eigenvalue weighted by molar-refractivity contribution is 5.79. The van der Waals surface area contributed by atoms with Crippen molar-refractivity contribution in [3.63, 3.8) is 0 Å². The number of aliphatic hydroxyl groups is 1. The summed E-state index contributed by atoms with van der Waals surface area (Å²) in [6.45, 7) is 0.0118. The van der Waals surface area contributed by atoms with E-state index >= 15 is 0 Å². The molecule has 0 bridgehead atoms. The average molecular weight is 341 g/mol. The molecule has 0 radical (unpaired) electrons. The Hall–Kier alpha value is -2.86. The number of amides is 1. The average Bonchev–Trinajstić information content (AvgIpc) is 2.92. The van der Waals surface area contributed by atoms with Crippen molar-refractivity contribution < 1.29 is 24.5 Å². The van der Waals surface area contributed by atoms with Gasteiger partial charge in [-0.1, -0.05) is 48.5 Å². The molecule has 130 valence electrons. The van der Waals surface area contributed by atoms with Crippen molar-refractivity contribution in [3.05, 3.63) is 59.7 Å².